The number of aromatic hydroxyl groups is 1. The van der Waals surface area contributed by atoms with Crippen LogP contribution in [0.3, 0.4) is 0 Å². The number of amides is 2. The Balaban J connectivity index is 0.00000193. The fourth-order valence-electron chi connectivity index (χ4n) is 3.34. The predicted molar refractivity (Wildman–Crippen MR) is 116 cm³/mol. The number of benzene rings is 2. The molecule has 0 atom stereocenters. The molecule has 7 nitrogen and oxygen atoms in total. The fraction of sp³-hybridized carbons (Fsp3) is 0.0833. The first-order valence-corrected chi connectivity index (χ1v) is 9.83. The smallest absolute Gasteiger partial charge is 0.290 e. The van der Waals surface area contributed by atoms with Gasteiger partial charge in [-0.15, -0.1) is 0 Å². The maximum Gasteiger partial charge on any atom is 0.290 e. The second kappa shape index (κ2) is 11.8. The molecule has 170 valence electrons. The Hall–Kier alpha value is -3.68. The number of carbonyl (C=O) groups is 2. The average Bonchev–Trinajstić information content (AvgIpc) is 2.77. The van der Waals surface area contributed by atoms with Crippen molar-refractivity contribution < 1.29 is 48.6 Å². The number of nitrogens with one attached hydrogen (secondary N) is 2. The highest BCUT2D eigenvalue weighted by molar-refractivity contribution is 6.06. The molecule has 0 saturated carbocycles. The van der Waals surface area contributed by atoms with Gasteiger partial charge in [0.1, 0.15) is 5.75 Å². The van der Waals surface area contributed by atoms with E-state index in [1.807, 2.05) is 48.8 Å². The van der Waals surface area contributed by atoms with Crippen LogP contribution < -0.4 is 44.6 Å². The van der Waals surface area contributed by atoms with E-state index in [0.717, 1.165) is 0 Å². The highest BCUT2D eigenvalue weighted by Crippen LogP contribution is 2.36. The molecular weight excluding hydrogens is 463 g/mol. The van der Waals surface area contributed by atoms with E-state index in [1.165, 1.54) is 0 Å². The molecule has 2 amide bonds. The molecule has 0 spiro atoms. The number of rotatable bonds is 6. The Bertz CT molecular complexity index is 1240. The van der Waals surface area contributed by atoms with Crippen molar-refractivity contribution in [3.63, 3.8) is 0 Å². The highest BCUT2D eigenvalue weighted by atomic mass is 35.5. The van der Waals surface area contributed by atoms with E-state index in [-0.39, 0.29) is 55.5 Å². The molecule has 2 heterocycles. The Morgan fingerprint density at radius 2 is 1.15 bits per heavy atom. The lowest BCUT2D eigenvalue weighted by Crippen LogP contribution is -3.00. The Labute approximate surface area is 203 Å². The molecule has 4 rings (SSSR count). The van der Waals surface area contributed by atoms with Crippen molar-refractivity contribution in [1.29, 1.82) is 0 Å². The van der Waals surface area contributed by atoms with Crippen LogP contribution in [0, 0.1) is 0 Å². The van der Waals surface area contributed by atoms with Gasteiger partial charge in [0.25, 0.3) is 11.8 Å². The van der Waals surface area contributed by atoms with Crippen LogP contribution in [-0.2, 0) is 22.7 Å². The molecule has 0 aliphatic carbocycles. The number of hydrogen-bond donors (Lipinski definition) is 3. The zero-order valence-corrected chi connectivity index (χ0v) is 19.0. The van der Waals surface area contributed by atoms with Gasteiger partial charge in [-0.2, -0.15) is 9.13 Å². The lowest BCUT2D eigenvalue weighted by molar-refractivity contribution is -0.684. The third-order valence-electron chi connectivity index (χ3n) is 4.79. The van der Waals surface area contributed by atoms with Crippen molar-refractivity contribution in [2.24, 2.45) is 0 Å². The van der Waals surface area contributed by atoms with Gasteiger partial charge in [-0.1, -0.05) is 24.3 Å². The standard InChI is InChI=1S/C24H20N4O3.2ClH/c29-22(16-27-12-3-1-4-13-27)25-20-9-7-8-19-18(20)10-11-21(24(19)31)26-23(30)17-28-14-5-2-6-15-28;;/h1-15H,16-17H2,(H-2,25,26,29,30,31);2*1H. The first-order valence-electron chi connectivity index (χ1n) is 9.83. The number of pyridine rings is 2. The summed E-state index contributed by atoms with van der Waals surface area (Å²) in [5.41, 5.74) is 0.907. The number of phenolic OH excluding ortho intramolecular Hbond substituents is 1. The number of phenols is 1. The molecule has 2 aromatic heterocycles. The minimum Gasteiger partial charge on any atom is -1.00 e. The second-order valence-corrected chi connectivity index (χ2v) is 7.05. The summed E-state index contributed by atoms with van der Waals surface area (Å²) in [6.45, 7) is 0.306. The second-order valence-electron chi connectivity index (χ2n) is 7.05. The minimum atomic E-state index is -0.254. The van der Waals surface area contributed by atoms with Crippen molar-refractivity contribution in [2.75, 3.05) is 10.6 Å². The van der Waals surface area contributed by atoms with Gasteiger partial charge in [0.2, 0.25) is 13.1 Å². The molecule has 0 saturated heterocycles. The van der Waals surface area contributed by atoms with Gasteiger partial charge in [0, 0.05) is 40.7 Å². The number of carbonyl (C=O) groups excluding carboxylic acids is 2. The Morgan fingerprint density at radius 1 is 0.636 bits per heavy atom. The summed E-state index contributed by atoms with van der Waals surface area (Å²) < 4.78 is 3.52. The summed E-state index contributed by atoms with van der Waals surface area (Å²) in [7, 11) is 0. The molecule has 0 aliphatic rings. The first kappa shape index (κ1) is 25.6. The summed E-state index contributed by atoms with van der Waals surface area (Å²) in [5.74, 6) is -0.479. The summed E-state index contributed by atoms with van der Waals surface area (Å²) in [4.78, 5) is 24.8. The first-order chi connectivity index (χ1) is 15.1. The van der Waals surface area contributed by atoms with Crippen molar-refractivity contribution in [3.8, 4) is 5.75 Å². The van der Waals surface area contributed by atoms with E-state index in [0.29, 0.717) is 22.1 Å². The molecule has 0 unspecified atom stereocenters. The lowest BCUT2D eigenvalue weighted by Gasteiger charge is -2.12. The summed E-state index contributed by atoms with van der Waals surface area (Å²) in [6, 6.07) is 19.8. The zero-order valence-electron chi connectivity index (χ0n) is 17.5. The largest absolute Gasteiger partial charge is 1.00 e. The molecule has 0 bridgehead atoms. The van der Waals surface area contributed by atoms with Crippen molar-refractivity contribution in [1.82, 2.24) is 0 Å². The molecule has 2 aromatic carbocycles. The topological polar surface area (TPSA) is 86.2 Å². The lowest BCUT2D eigenvalue weighted by atomic mass is 10.1. The summed E-state index contributed by atoms with van der Waals surface area (Å²) in [5, 5.41) is 17.6. The number of halogens is 2. The molecule has 4 aromatic rings. The van der Waals surface area contributed by atoms with Crippen LogP contribution in [0.5, 0.6) is 5.75 Å². The zero-order chi connectivity index (χ0) is 21.6. The van der Waals surface area contributed by atoms with Crippen molar-refractivity contribution in [3.05, 3.63) is 91.5 Å². The molecule has 0 aliphatic heterocycles. The quantitative estimate of drug-likeness (QED) is 0.195. The molecule has 33 heavy (non-hydrogen) atoms. The molecule has 0 fully saturated rings. The van der Waals surface area contributed by atoms with E-state index in [9.17, 15) is 14.7 Å². The van der Waals surface area contributed by atoms with E-state index < -0.39 is 0 Å². The molecule has 9 heteroatoms. The van der Waals surface area contributed by atoms with Crippen LogP contribution in [0.25, 0.3) is 10.8 Å². The third kappa shape index (κ3) is 6.41. The summed E-state index contributed by atoms with van der Waals surface area (Å²) >= 11 is 0. The molecule has 0 radical (unpaired) electrons. The van der Waals surface area contributed by atoms with Gasteiger partial charge in [-0.25, -0.2) is 0 Å². The van der Waals surface area contributed by atoms with Gasteiger partial charge >= 0.3 is 0 Å². The van der Waals surface area contributed by atoms with Gasteiger partial charge in [-0.05, 0) is 18.2 Å². The number of fused-ring (bicyclic) bond motifs is 1. The maximum absolute atomic E-state index is 12.4. The minimum absolute atomic E-state index is 0. The average molecular weight is 485 g/mol. The normalized spacial score (nSPS) is 9.94. The van der Waals surface area contributed by atoms with Gasteiger partial charge in [0.15, 0.2) is 24.8 Å². The predicted octanol–water partition coefficient (Wildman–Crippen LogP) is -3.59. The van der Waals surface area contributed by atoms with E-state index in [4.69, 9.17) is 0 Å². The SMILES string of the molecule is O=C(C[n+]1ccccc1)Nc1ccc2c(NC(=O)C[n+]3ccccc3)cccc2c1O.[Cl-].[Cl-]. The van der Waals surface area contributed by atoms with Crippen LogP contribution in [0.2, 0.25) is 0 Å². The van der Waals surface area contributed by atoms with Crippen LogP contribution in [-0.4, -0.2) is 16.9 Å². The van der Waals surface area contributed by atoms with Gasteiger partial charge in [-0.3, -0.25) is 9.59 Å². The van der Waals surface area contributed by atoms with Crippen LogP contribution >= 0.6 is 0 Å². The van der Waals surface area contributed by atoms with Gasteiger partial charge < -0.3 is 40.6 Å². The summed E-state index contributed by atoms with van der Waals surface area (Å²) in [6.07, 6.45) is 7.22. The van der Waals surface area contributed by atoms with Gasteiger partial charge in [0.05, 0.1) is 5.69 Å². The van der Waals surface area contributed by atoms with Crippen LogP contribution in [0.4, 0.5) is 11.4 Å². The van der Waals surface area contributed by atoms with Crippen molar-refractivity contribution >= 4 is 34.0 Å². The van der Waals surface area contributed by atoms with Crippen molar-refractivity contribution in [2.45, 2.75) is 13.1 Å². The van der Waals surface area contributed by atoms with Crippen LogP contribution in [0.1, 0.15) is 0 Å². The van der Waals surface area contributed by atoms with E-state index in [1.54, 1.807) is 51.9 Å². The number of anilines is 2. The Kier molecular flexibility index (Phi) is 9.15. The van der Waals surface area contributed by atoms with E-state index in [2.05, 4.69) is 10.6 Å². The molecule has 3 N–H and O–H groups in total. The number of nitrogens with zero attached hydrogens (tertiary/aromatic N) is 2. The van der Waals surface area contributed by atoms with E-state index >= 15 is 0 Å². The number of aromatic nitrogens is 2. The third-order valence-corrected chi connectivity index (χ3v) is 4.79. The van der Waals surface area contributed by atoms with Crippen LogP contribution in [0.15, 0.2) is 91.5 Å². The molecular formula is C24H22Cl2N4O3. The monoisotopic (exact) mass is 484 g/mol. The number of hydrogen-bond acceptors (Lipinski definition) is 3. The Morgan fingerprint density at radius 3 is 1.70 bits per heavy atom. The highest BCUT2D eigenvalue weighted by Gasteiger charge is 2.16. The maximum atomic E-state index is 12.4. The fourth-order valence-corrected chi connectivity index (χ4v) is 3.34.